The van der Waals surface area contributed by atoms with Crippen molar-refractivity contribution in [3.63, 3.8) is 0 Å². The van der Waals surface area contributed by atoms with Gasteiger partial charge in [-0.2, -0.15) is 0 Å². The molecule has 0 amide bonds. The minimum absolute atomic E-state index is 0.119. The van der Waals surface area contributed by atoms with Crippen LogP contribution in [0.1, 0.15) is 0 Å². The Labute approximate surface area is 90.7 Å². The smallest absolute Gasteiger partial charge is 0.168 e. The Bertz CT molecular complexity index is 339. The third-order valence-electron chi connectivity index (χ3n) is 1.90. The quantitative estimate of drug-likeness (QED) is 0.723. The predicted octanol–water partition coefficient (Wildman–Crippen LogP) is 1.55. The van der Waals surface area contributed by atoms with Crippen LogP contribution in [0.4, 0.5) is 4.39 Å². The van der Waals surface area contributed by atoms with Gasteiger partial charge in [0, 0.05) is 14.2 Å². The summed E-state index contributed by atoms with van der Waals surface area (Å²) in [7, 11) is 1.45. The van der Waals surface area contributed by atoms with E-state index in [-0.39, 0.29) is 10.6 Å². The molecule has 1 rings (SSSR count). The summed E-state index contributed by atoms with van der Waals surface area (Å²) < 4.78 is 34.7. The molecule has 0 aliphatic rings. The lowest BCUT2D eigenvalue weighted by Gasteiger charge is -2.12. The van der Waals surface area contributed by atoms with Crippen LogP contribution >= 0.6 is 0 Å². The zero-order valence-electron chi connectivity index (χ0n) is 8.60. The molecule has 0 heterocycles. The van der Waals surface area contributed by atoms with Gasteiger partial charge >= 0.3 is 0 Å². The molecule has 15 heavy (non-hydrogen) atoms. The van der Waals surface area contributed by atoms with Gasteiger partial charge in [0.05, 0.1) is 21.4 Å². The van der Waals surface area contributed by atoms with Gasteiger partial charge in [0.25, 0.3) is 0 Å². The van der Waals surface area contributed by atoms with E-state index in [1.165, 1.54) is 26.4 Å². The van der Waals surface area contributed by atoms with Crippen molar-refractivity contribution in [1.29, 1.82) is 0 Å². The highest BCUT2D eigenvalue weighted by Gasteiger charge is 2.15. The normalized spacial score (nSPS) is 13.1. The van der Waals surface area contributed by atoms with Crippen LogP contribution in [0.2, 0.25) is 0 Å². The fourth-order valence-corrected chi connectivity index (χ4v) is 2.29. The maximum absolute atomic E-state index is 13.2. The lowest BCUT2D eigenvalue weighted by atomic mass is 10.3. The van der Waals surface area contributed by atoms with Gasteiger partial charge in [-0.05, 0) is 12.1 Å². The van der Waals surface area contributed by atoms with Crippen molar-refractivity contribution >= 4 is 10.8 Å². The number of rotatable bonds is 5. The van der Waals surface area contributed by atoms with Crippen molar-refractivity contribution in [2.24, 2.45) is 0 Å². The van der Waals surface area contributed by atoms with E-state index in [1.807, 2.05) is 0 Å². The van der Waals surface area contributed by atoms with Crippen LogP contribution < -0.4 is 0 Å². The van der Waals surface area contributed by atoms with Crippen LogP contribution in [0.25, 0.3) is 0 Å². The second-order valence-electron chi connectivity index (χ2n) is 2.84. The first-order valence-corrected chi connectivity index (χ1v) is 5.69. The molecular formula is C10H13FO3S. The molecule has 0 spiro atoms. The zero-order valence-corrected chi connectivity index (χ0v) is 9.42. The molecule has 1 atom stereocenters. The van der Waals surface area contributed by atoms with E-state index in [9.17, 15) is 8.60 Å². The van der Waals surface area contributed by atoms with Gasteiger partial charge in [0.1, 0.15) is 5.82 Å². The summed E-state index contributed by atoms with van der Waals surface area (Å²) in [6, 6.07) is 5.97. The first-order chi connectivity index (χ1) is 7.19. The molecule has 0 fully saturated rings. The lowest BCUT2D eigenvalue weighted by Crippen LogP contribution is -2.21. The van der Waals surface area contributed by atoms with Crippen molar-refractivity contribution in [1.82, 2.24) is 0 Å². The van der Waals surface area contributed by atoms with Crippen LogP contribution in [0.5, 0.6) is 0 Å². The Morgan fingerprint density at radius 3 is 2.47 bits per heavy atom. The Balaban J connectivity index is 2.73. The monoisotopic (exact) mass is 232 g/mol. The van der Waals surface area contributed by atoms with Crippen LogP contribution in [0.3, 0.4) is 0 Å². The van der Waals surface area contributed by atoms with Gasteiger partial charge in [0.15, 0.2) is 6.29 Å². The molecule has 1 unspecified atom stereocenters. The molecule has 0 aromatic heterocycles. The van der Waals surface area contributed by atoms with Gasteiger partial charge in [-0.1, -0.05) is 12.1 Å². The highest BCUT2D eigenvalue weighted by atomic mass is 32.2. The Morgan fingerprint density at radius 2 is 1.93 bits per heavy atom. The molecule has 0 aliphatic heterocycles. The summed E-state index contributed by atoms with van der Waals surface area (Å²) >= 11 is 0. The number of ether oxygens (including phenoxy) is 2. The largest absolute Gasteiger partial charge is 0.355 e. The Morgan fingerprint density at radius 1 is 1.33 bits per heavy atom. The molecular weight excluding hydrogens is 219 g/mol. The maximum Gasteiger partial charge on any atom is 0.168 e. The molecule has 5 heteroatoms. The average molecular weight is 232 g/mol. The molecule has 1 aromatic rings. The van der Waals surface area contributed by atoms with Crippen LogP contribution in [0, 0.1) is 5.82 Å². The van der Waals surface area contributed by atoms with E-state index in [0.717, 1.165) is 0 Å². The molecule has 0 N–H and O–H groups in total. The van der Waals surface area contributed by atoms with Crippen molar-refractivity contribution in [3.05, 3.63) is 30.1 Å². The SMILES string of the molecule is COC(CS(=O)c1ccccc1F)OC. The molecule has 0 radical (unpaired) electrons. The van der Waals surface area contributed by atoms with Crippen molar-refractivity contribution in [3.8, 4) is 0 Å². The first-order valence-electron chi connectivity index (χ1n) is 4.37. The van der Waals surface area contributed by atoms with Crippen molar-refractivity contribution in [2.75, 3.05) is 20.0 Å². The fourth-order valence-electron chi connectivity index (χ4n) is 1.08. The minimum atomic E-state index is -1.45. The topological polar surface area (TPSA) is 35.5 Å². The van der Waals surface area contributed by atoms with E-state index in [2.05, 4.69) is 0 Å². The lowest BCUT2D eigenvalue weighted by molar-refractivity contribution is -0.0847. The predicted molar refractivity (Wildman–Crippen MR) is 55.5 cm³/mol. The van der Waals surface area contributed by atoms with Crippen LogP contribution in [-0.4, -0.2) is 30.5 Å². The van der Waals surface area contributed by atoms with Gasteiger partial charge in [-0.15, -0.1) is 0 Å². The molecule has 0 saturated heterocycles. The molecule has 3 nitrogen and oxygen atoms in total. The van der Waals surface area contributed by atoms with E-state index in [4.69, 9.17) is 9.47 Å². The highest BCUT2D eigenvalue weighted by molar-refractivity contribution is 7.85. The van der Waals surface area contributed by atoms with Gasteiger partial charge < -0.3 is 9.47 Å². The molecule has 1 aromatic carbocycles. The summed E-state index contributed by atoms with van der Waals surface area (Å²) in [5.74, 6) is -0.352. The van der Waals surface area contributed by atoms with E-state index >= 15 is 0 Å². The number of benzene rings is 1. The van der Waals surface area contributed by atoms with Crippen molar-refractivity contribution < 1.29 is 18.1 Å². The van der Waals surface area contributed by atoms with Gasteiger partial charge in [0.2, 0.25) is 0 Å². The van der Waals surface area contributed by atoms with Crippen LogP contribution in [0.15, 0.2) is 29.2 Å². The highest BCUT2D eigenvalue weighted by Crippen LogP contribution is 2.13. The standard InChI is InChI=1S/C10H13FO3S/c1-13-10(14-2)7-15(12)9-6-4-3-5-8(9)11/h3-6,10H,7H2,1-2H3. The number of halogens is 1. The second kappa shape index (κ2) is 5.95. The third-order valence-corrected chi connectivity index (χ3v) is 3.29. The average Bonchev–Trinajstić information content (AvgIpc) is 2.26. The zero-order chi connectivity index (χ0) is 11.3. The Kier molecular flexibility index (Phi) is 4.87. The first kappa shape index (κ1) is 12.3. The molecule has 0 aliphatic carbocycles. The summed E-state index contributed by atoms with van der Waals surface area (Å²) in [6.45, 7) is 0. The minimum Gasteiger partial charge on any atom is -0.355 e. The number of hydrogen-bond donors (Lipinski definition) is 0. The van der Waals surface area contributed by atoms with E-state index in [0.29, 0.717) is 0 Å². The number of methoxy groups -OCH3 is 2. The second-order valence-corrected chi connectivity index (χ2v) is 4.31. The third kappa shape index (κ3) is 3.37. The van der Waals surface area contributed by atoms with Gasteiger partial charge in [-0.25, -0.2) is 4.39 Å². The van der Waals surface area contributed by atoms with Gasteiger partial charge in [-0.3, -0.25) is 4.21 Å². The van der Waals surface area contributed by atoms with Crippen molar-refractivity contribution in [2.45, 2.75) is 11.2 Å². The summed E-state index contributed by atoms with van der Waals surface area (Å²) in [5.41, 5.74) is 0. The summed E-state index contributed by atoms with van der Waals surface area (Å²) in [6.07, 6.45) is -0.578. The molecule has 0 saturated carbocycles. The summed E-state index contributed by atoms with van der Waals surface area (Å²) in [4.78, 5) is 0.177. The van der Waals surface area contributed by atoms with Crippen LogP contribution in [-0.2, 0) is 20.3 Å². The fraction of sp³-hybridized carbons (Fsp3) is 0.400. The molecule has 84 valence electrons. The maximum atomic E-state index is 13.2. The van der Waals surface area contributed by atoms with E-state index < -0.39 is 22.9 Å². The summed E-state index contributed by atoms with van der Waals surface area (Å²) in [5, 5.41) is 0. The number of hydrogen-bond acceptors (Lipinski definition) is 3. The Hall–Kier alpha value is -0.780. The van der Waals surface area contributed by atoms with E-state index in [1.54, 1.807) is 12.1 Å². The molecule has 0 bridgehead atoms.